The third kappa shape index (κ3) is 2.49. The van der Waals surface area contributed by atoms with E-state index in [0.717, 1.165) is 31.7 Å². The molecule has 1 saturated heterocycles. The van der Waals surface area contributed by atoms with E-state index in [1.165, 1.54) is 6.42 Å². The summed E-state index contributed by atoms with van der Waals surface area (Å²) in [7, 11) is 0. The largest absolute Gasteiger partial charge is 0.327 e. The number of hydrogen-bond acceptors (Lipinski definition) is 4. The van der Waals surface area contributed by atoms with Crippen molar-refractivity contribution in [3.8, 4) is 0 Å². The molecule has 0 aromatic carbocycles. The second-order valence-electron chi connectivity index (χ2n) is 3.83. The van der Waals surface area contributed by atoms with Crippen LogP contribution in [0.4, 0.5) is 0 Å². The number of nitrogens with two attached hydrogens (primary N) is 1. The van der Waals surface area contributed by atoms with Gasteiger partial charge in [0.15, 0.2) is 0 Å². The van der Waals surface area contributed by atoms with Crippen molar-refractivity contribution in [1.29, 1.82) is 0 Å². The van der Waals surface area contributed by atoms with E-state index in [-0.39, 0.29) is 0 Å². The van der Waals surface area contributed by atoms with Gasteiger partial charge in [0.1, 0.15) is 0 Å². The van der Waals surface area contributed by atoms with Gasteiger partial charge in [-0.15, -0.1) is 0 Å². The minimum atomic E-state index is 0.334. The molecule has 4 nitrogen and oxygen atoms in total. The van der Waals surface area contributed by atoms with Crippen molar-refractivity contribution in [3.63, 3.8) is 0 Å². The van der Waals surface area contributed by atoms with Crippen molar-refractivity contribution in [2.75, 3.05) is 13.1 Å². The fraction of sp³-hybridized carbons (Fsp3) is 0.600. The molecule has 2 rings (SSSR count). The van der Waals surface area contributed by atoms with Crippen LogP contribution >= 0.6 is 0 Å². The Kier molecular flexibility index (Phi) is 3.06. The van der Waals surface area contributed by atoms with Gasteiger partial charge in [-0.1, -0.05) is 0 Å². The van der Waals surface area contributed by atoms with Crippen molar-refractivity contribution in [2.45, 2.75) is 25.4 Å². The summed E-state index contributed by atoms with van der Waals surface area (Å²) in [5.74, 6) is 0. The third-order valence-electron chi connectivity index (χ3n) is 2.54. The Morgan fingerprint density at radius 2 is 2.43 bits per heavy atom. The van der Waals surface area contributed by atoms with Gasteiger partial charge < -0.3 is 5.73 Å². The molecule has 0 saturated carbocycles. The number of hydrogen-bond donors (Lipinski definition) is 1. The molecule has 0 bridgehead atoms. The molecular weight excluding hydrogens is 176 g/mol. The summed E-state index contributed by atoms with van der Waals surface area (Å²) in [6.45, 7) is 2.99. The zero-order valence-corrected chi connectivity index (χ0v) is 8.26. The number of nitrogens with zero attached hydrogens (tertiary/aromatic N) is 3. The normalized spacial score (nSPS) is 23.6. The standard InChI is InChI=1S/C10H16N4/c11-9-2-1-5-14(7-9)8-10-6-12-3-4-13-10/h3-4,6,9H,1-2,5,7-8,11H2/t9-/m0/s1. The molecule has 14 heavy (non-hydrogen) atoms. The molecule has 0 amide bonds. The molecule has 2 heterocycles. The second kappa shape index (κ2) is 4.48. The van der Waals surface area contributed by atoms with Crippen LogP contribution in [0.2, 0.25) is 0 Å². The molecule has 0 radical (unpaired) electrons. The van der Waals surface area contributed by atoms with Crippen LogP contribution in [0.15, 0.2) is 18.6 Å². The summed E-state index contributed by atoms with van der Waals surface area (Å²) in [5, 5.41) is 0. The van der Waals surface area contributed by atoms with Gasteiger partial charge in [0.05, 0.1) is 5.69 Å². The summed E-state index contributed by atoms with van der Waals surface area (Å²) in [4.78, 5) is 10.6. The molecule has 4 heteroatoms. The number of piperidine rings is 1. The Balaban J connectivity index is 1.91. The SMILES string of the molecule is N[C@H]1CCCN(Cc2cnccn2)C1. The Hall–Kier alpha value is -1.00. The highest BCUT2D eigenvalue weighted by atomic mass is 15.1. The molecule has 1 aliphatic heterocycles. The predicted molar refractivity (Wildman–Crippen MR) is 54.5 cm³/mol. The van der Waals surface area contributed by atoms with Crippen molar-refractivity contribution in [3.05, 3.63) is 24.3 Å². The predicted octanol–water partition coefficient (Wildman–Crippen LogP) is 0.400. The van der Waals surface area contributed by atoms with E-state index in [0.29, 0.717) is 6.04 Å². The summed E-state index contributed by atoms with van der Waals surface area (Å²) in [5.41, 5.74) is 6.93. The smallest absolute Gasteiger partial charge is 0.0726 e. The Labute approximate surface area is 84.2 Å². The number of rotatable bonds is 2. The van der Waals surface area contributed by atoms with Gasteiger partial charge in [0, 0.05) is 37.7 Å². The maximum atomic E-state index is 5.90. The van der Waals surface area contributed by atoms with Crippen molar-refractivity contribution in [1.82, 2.24) is 14.9 Å². The lowest BCUT2D eigenvalue weighted by molar-refractivity contribution is 0.199. The average molecular weight is 192 g/mol. The topological polar surface area (TPSA) is 55.0 Å². The van der Waals surface area contributed by atoms with E-state index >= 15 is 0 Å². The number of likely N-dealkylation sites (tertiary alicyclic amines) is 1. The molecule has 1 atom stereocenters. The zero-order valence-electron chi connectivity index (χ0n) is 8.26. The van der Waals surface area contributed by atoms with Crippen LogP contribution in [0.25, 0.3) is 0 Å². The highest BCUT2D eigenvalue weighted by Gasteiger charge is 2.16. The molecule has 2 N–H and O–H groups in total. The van der Waals surface area contributed by atoms with Crippen LogP contribution in [0.3, 0.4) is 0 Å². The Morgan fingerprint density at radius 1 is 1.50 bits per heavy atom. The third-order valence-corrected chi connectivity index (χ3v) is 2.54. The highest BCUT2D eigenvalue weighted by Crippen LogP contribution is 2.10. The van der Waals surface area contributed by atoms with E-state index in [2.05, 4.69) is 14.9 Å². The summed E-state index contributed by atoms with van der Waals surface area (Å²) >= 11 is 0. The second-order valence-corrected chi connectivity index (χ2v) is 3.83. The first-order valence-corrected chi connectivity index (χ1v) is 5.07. The van der Waals surface area contributed by atoms with E-state index in [1.807, 2.05) is 6.20 Å². The first-order valence-electron chi connectivity index (χ1n) is 5.07. The summed E-state index contributed by atoms with van der Waals surface area (Å²) < 4.78 is 0. The van der Waals surface area contributed by atoms with Gasteiger partial charge in [-0.05, 0) is 19.4 Å². The maximum absolute atomic E-state index is 5.90. The molecule has 0 aliphatic carbocycles. The lowest BCUT2D eigenvalue weighted by atomic mass is 10.1. The van der Waals surface area contributed by atoms with Gasteiger partial charge >= 0.3 is 0 Å². The van der Waals surface area contributed by atoms with Gasteiger partial charge in [0.2, 0.25) is 0 Å². The van der Waals surface area contributed by atoms with Gasteiger partial charge in [-0.25, -0.2) is 0 Å². The lowest BCUT2D eigenvalue weighted by Crippen LogP contribution is -2.42. The molecule has 0 spiro atoms. The van der Waals surface area contributed by atoms with Crippen molar-refractivity contribution in [2.24, 2.45) is 5.73 Å². The molecular formula is C10H16N4. The van der Waals surface area contributed by atoms with E-state index in [1.54, 1.807) is 12.4 Å². The molecule has 0 unspecified atom stereocenters. The molecule has 1 aromatic rings. The maximum Gasteiger partial charge on any atom is 0.0726 e. The first-order chi connectivity index (χ1) is 6.84. The van der Waals surface area contributed by atoms with Gasteiger partial charge in [-0.2, -0.15) is 0 Å². The highest BCUT2D eigenvalue weighted by molar-refractivity contribution is 4.95. The van der Waals surface area contributed by atoms with Gasteiger partial charge in [0.25, 0.3) is 0 Å². The number of aromatic nitrogens is 2. The Bertz CT molecular complexity index is 275. The Morgan fingerprint density at radius 3 is 3.14 bits per heavy atom. The van der Waals surface area contributed by atoms with Gasteiger partial charge in [-0.3, -0.25) is 14.9 Å². The summed E-state index contributed by atoms with van der Waals surface area (Å²) in [6, 6.07) is 0.334. The minimum absolute atomic E-state index is 0.334. The summed E-state index contributed by atoms with van der Waals surface area (Å²) in [6.07, 6.45) is 7.60. The van der Waals surface area contributed by atoms with Crippen LogP contribution < -0.4 is 5.73 Å². The monoisotopic (exact) mass is 192 g/mol. The van der Waals surface area contributed by atoms with E-state index in [9.17, 15) is 0 Å². The lowest BCUT2D eigenvalue weighted by Gasteiger charge is -2.30. The molecule has 1 fully saturated rings. The van der Waals surface area contributed by atoms with Crippen LogP contribution in [-0.4, -0.2) is 34.0 Å². The van der Waals surface area contributed by atoms with Crippen molar-refractivity contribution >= 4 is 0 Å². The van der Waals surface area contributed by atoms with Crippen molar-refractivity contribution < 1.29 is 0 Å². The zero-order chi connectivity index (χ0) is 9.80. The van der Waals surface area contributed by atoms with Crippen LogP contribution in [-0.2, 0) is 6.54 Å². The minimum Gasteiger partial charge on any atom is -0.327 e. The van der Waals surface area contributed by atoms with Crippen LogP contribution in [0.1, 0.15) is 18.5 Å². The van der Waals surface area contributed by atoms with E-state index in [4.69, 9.17) is 5.73 Å². The van der Waals surface area contributed by atoms with E-state index < -0.39 is 0 Å². The van der Waals surface area contributed by atoms with Crippen LogP contribution in [0, 0.1) is 0 Å². The molecule has 76 valence electrons. The quantitative estimate of drug-likeness (QED) is 0.737. The van der Waals surface area contributed by atoms with Crippen LogP contribution in [0.5, 0.6) is 0 Å². The average Bonchev–Trinajstić information content (AvgIpc) is 2.19. The fourth-order valence-electron chi connectivity index (χ4n) is 1.88. The molecule has 1 aliphatic rings. The fourth-order valence-corrected chi connectivity index (χ4v) is 1.88. The molecule has 1 aromatic heterocycles. The first kappa shape index (κ1) is 9.55.